The van der Waals surface area contributed by atoms with Gasteiger partial charge in [-0.1, -0.05) is 20.3 Å². The first-order valence-electron chi connectivity index (χ1n) is 6.19. The maximum atomic E-state index is 11.8. The number of carboxylic acids is 1. The lowest BCUT2D eigenvalue weighted by atomic mass is 10.3. The summed E-state index contributed by atoms with van der Waals surface area (Å²) in [5.41, 5.74) is 0. The number of likely N-dealkylation sites (N-methyl/N-ethyl adjacent to an activating group) is 2. The normalized spacial score (nSPS) is 10.6. The van der Waals surface area contributed by atoms with Crippen molar-refractivity contribution in [1.29, 1.82) is 0 Å². The number of nitrogens with zero attached hydrogens (tertiary/aromatic N) is 2. The topological polar surface area (TPSA) is 60.9 Å². The summed E-state index contributed by atoms with van der Waals surface area (Å²) in [6.45, 7) is 6.22. The lowest BCUT2D eigenvalue weighted by molar-refractivity contribution is -0.138. The van der Waals surface area contributed by atoms with Crippen molar-refractivity contribution >= 4 is 11.9 Å². The summed E-state index contributed by atoms with van der Waals surface area (Å²) in [5, 5.41) is 8.60. The number of amides is 1. The van der Waals surface area contributed by atoms with E-state index in [2.05, 4.69) is 6.92 Å². The quantitative estimate of drug-likeness (QED) is 0.658. The summed E-state index contributed by atoms with van der Waals surface area (Å²) in [7, 11) is 1.79. The van der Waals surface area contributed by atoms with Gasteiger partial charge < -0.3 is 10.0 Å². The van der Waals surface area contributed by atoms with Gasteiger partial charge in [0.1, 0.15) is 0 Å². The third-order valence-electron chi connectivity index (χ3n) is 2.72. The van der Waals surface area contributed by atoms with E-state index < -0.39 is 5.97 Å². The highest BCUT2D eigenvalue weighted by molar-refractivity contribution is 5.78. The number of hydrogen-bond donors (Lipinski definition) is 1. The van der Waals surface area contributed by atoms with Crippen molar-refractivity contribution in [2.45, 2.75) is 33.1 Å². The predicted octanol–water partition coefficient (Wildman–Crippen LogP) is 1.04. The van der Waals surface area contributed by atoms with Crippen LogP contribution in [0.15, 0.2) is 0 Å². The van der Waals surface area contributed by atoms with Crippen molar-refractivity contribution in [3.05, 3.63) is 0 Å². The molecule has 100 valence electrons. The molecule has 0 saturated heterocycles. The molecule has 0 radical (unpaired) electrons. The van der Waals surface area contributed by atoms with Crippen molar-refractivity contribution in [3.8, 4) is 0 Å². The zero-order valence-electron chi connectivity index (χ0n) is 11.1. The molecule has 0 saturated carbocycles. The van der Waals surface area contributed by atoms with E-state index in [1.807, 2.05) is 11.8 Å². The largest absolute Gasteiger partial charge is 0.481 e. The number of carboxylic acid groups (broad SMARTS) is 1. The highest BCUT2D eigenvalue weighted by Gasteiger charge is 2.13. The van der Waals surface area contributed by atoms with Crippen LogP contribution in [0.4, 0.5) is 0 Å². The van der Waals surface area contributed by atoms with Gasteiger partial charge in [0.05, 0.1) is 13.0 Å². The smallest absolute Gasteiger partial charge is 0.304 e. The Balaban J connectivity index is 3.99. The third-order valence-corrected chi connectivity index (χ3v) is 2.72. The average molecular weight is 244 g/mol. The number of hydrogen-bond acceptors (Lipinski definition) is 3. The molecule has 0 bridgehead atoms. The van der Waals surface area contributed by atoms with Crippen LogP contribution < -0.4 is 0 Å². The second kappa shape index (κ2) is 8.98. The fourth-order valence-electron chi connectivity index (χ4n) is 1.43. The molecule has 0 rings (SSSR count). The standard InChI is InChI=1S/C12H24N2O3/c1-4-6-8-13(3)11(15)10-14(5-2)9-7-12(16)17/h4-10H2,1-3H3,(H,16,17). The number of rotatable bonds is 9. The van der Waals surface area contributed by atoms with Crippen LogP contribution >= 0.6 is 0 Å². The van der Waals surface area contributed by atoms with Gasteiger partial charge in [-0.3, -0.25) is 14.5 Å². The van der Waals surface area contributed by atoms with Gasteiger partial charge in [0.15, 0.2) is 0 Å². The fraction of sp³-hybridized carbons (Fsp3) is 0.833. The van der Waals surface area contributed by atoms with Crippen LogP contribution in [0.3, 0.4) is 0 Å². The molecule has 0 aliphatic heterocycles. The minimum atomic E-state index is -0.824. The molecule has 0 fully saturated rings. The SMILES string of the molecule is CCCCN(C)C(=O)CN(CC)CCC(=O)O. The average Bonchev–Trinajstić information content (AvgIpc) is 2.30. The summed E-state index contributed by atoms with van der Waals surface area (Å²) >= 11 is 0. The Labute approximate surface area is 103 Å². The number of carbonyl (C=O) groups excluding carboxylic acids is 1. The van der Waals surface area contributed by atoms with Crippen molar-refractivity contribution in [2.24, 2.45) is 0 Å². The highest BCUT2D eigenvalue weighted by Crippen LogP contribution is 1.97. The Bertz CT molecular complexity index is 244. The minimum Gasteiger partial charge on any atom is -0.481 e. The van der Waals surface area contributed by atoms with E-state index in [9.17, 15) is 9.59 Å². The lowest BCUT2D eigenvalue weighted by Gasteiger charge is -2.23. The maximum Gasteiger partial charge on any atom is 0.304 e. The van der Waals surface area contributed by atoms with Crippen LogP contribution in [0.2, 0.25) is 0 Å². The van der Waals surface area contributed by atoms with Crippen LogP contribution in [0, 0.1) is 0 Å². The first kappa shape index (κ1) is 15.9. The van der Waals surface area contributed by atoms with Crippen molar-refractivity contribution in [2.75, 3.05) is 33.2 Å². The van der Waals surface area contributed by atoms with Crippen molar-refractivity contribution < 1.29 is 14.7 Å². The van der Waals surface area contributed by atoms with Gasteiger partial charge in [-0.2, -0.15) is 0 Å². The monoisotopic (exact) mass is 244 g/mol. The van der Waals surface area contributed by atoms with Gasteiger partial charge in [-0.15, -0.1) is 0 Å². The van der Waals surface area contributed by atoms with Crippen LogP contribution in [0.1, 0.15) is 33.1 Å². The van der Waals surface area contributed by atoms with E-state index in [0.717, 1.165) is 19.4 Å². The first-order chi connectivity index (χ1) is 8.01. The molecular formula is C12H24N2O3. The van der Waals surface area contributed by atoms with Crippen molar-refractivity contribution in [1.82, 2.24) is 9.80 Å². The molecule has 0 aliphatic rings. The van der Waals surface area contributed by atoms with Crippen LogP contribution in [0.5, 0.6) is 0 Å². The molecule has 1 N–H and O–H groups in total. The summed E-state index contributed by atoms with van der Waals surface area (Å²) in [6, 6.07) is 0. The van der Waals surface area contributed by atoms with E-state index in [-0.39, 0.29) is 12.3 Å². The van der Waals surface area contributed by atoms with Crippen molar-refractivity contribution in [3.63, 3.8) is 0 Å². The van der Waals surface area contributed by atoms with Crippen LogP contribution in [0.25, 0.3) is 0 Å². The molecule has 0 aromatic rings. The summed E-state index contributed by atoms with van der Waals surface area (Å²) < 4.78 is 0. The number of aliphatic carboxylic acids is 1. The molecule has 0 spiro atoms. The van der Waals surface area contributed by atoms with E-state index in [0.29, 0.717) is 19.6 Å². The van der Waals surface area contributed by atoms with Gasteiger partial charge in [-0.05, 0) is 13.0 Å². The van der Waals surface area contributed by atoms with E-state index in [4.69, 9.17) is 5.11 Å². The Morgan fingerprint density at radius 2 is 1.82 bits per heavy atom. The van der Waals surface area contributed by atoms with E-state index in [1.165, 1.54) is 0 Å². The summed E-state index contributed by atoms with van der Waals surface area (Å²) in [6.07, 6.45) is 2.15. The Morgan fingerprint density at radius 3 is 2.29 bits per heavy atom. The minimum absolute atomic E-state index is 0.0608. The summed E-state index contributed by atoms with van der Waals surface area (Å²) in [4.78, 5) is 25.8. The molecule has 17 heavy (non-hydrogen) atoms. The Kier molecular flexibility index (Phi) is 8.40. The van der Waals surface area contributed by atoms with Gasteiger partial charge in [0, 0.05) is 20.1 Å². The number of carbonyl (C=O) groups is 2. The van der Waals surface area contributed by atoms with E-state index >= 15 is 0 Å². The second-order valence-corrected chi connectivity index (χ2v) is 4.18. The zero-order valence-corrected chi connectivity index (χ0v) is 11.1. The molecule has 0 unspecified atom stereocenters. The Morgan fingerprint density at radius 1 is 1.18 bits per heavy atom. The molecule has 0 atom stereocenters. The molecule has 5 nitrogen and oxygen atoms in total. The third kappa shape index (κ3) is 7.74. The maximum absolute atomic E-state index is 11.8. The van der Waals surface area contributed by atoms with Crippen LogP contribution in [-0.4, -0.2) is 60.0 Å². The zero-order chi connectivity index (χ0) is 13.3. The van der Waals surface area contributed by atoms with Gasteiger partial charge >= 0.3 is 5.97 Å². The summed E-state index contributed by atoms with van der Waals surface area (Å²) in [5.74, 6) is -0.763. The molecule has 0 heterocycles. The highest BCUT2D eigenvalue weighted by atomic mass is 16.4. The van der Waals surface area contributed by atoms with Gasteiger partial charge in [0.25, 0.3) is 0 Å². The van der Waals surface area contributed by atoms with Gasteiger partial charge in [0.2, 0.25) is 5.91 Å². The first-order valence-corrected chi connectivity index (χ1v) is 6.19. The van der Waals surface area contributed by atoms with E-state index in [1.54, 1.807) is 11.9 Å². The molecule has 0 aromatic carbocycles. The lowest BCUT2D eigenvalue weighted by Crippen LogP contribution is -2.39. The van der Waals surface area contributed by atoms with Crippen LogP contribution in [-0.2, 0) is 9.59 Å². The predicted molar refractivity (Wildman–Crippen MR) is 66.9 cm³/mol. The molecule has 0 aliphatic carbocycles. The molecule has 1 amide bonds. The fourth-order valence-corrected chi connectivity index (χ4v) is 1.43. The van der Waals surface area contributed by atoms with Gasteiger partial charge in [-0.25, -0.2) is 0 Å². The second-order valence-electron chi connectivity index (χ2n) is 4.18. The molecule has 5 heteroatoms. The Hall–Kier alpha value is -1.10. The molecular weight excluding hydrogens is 220 g/mol. The number of unbranched alkanes of at least 4 members (excludes halogenated alkanes) is 1. The molecule has 0 aromatic heterocycles.